The van der Waals surface area contributed by atoms with Crippen LogP contribution in [0.15, 0.2) is 18.2 Å². The maximum atomic E-state index is 12.4. The van der Waals surface area contributed by atoms with E-state index in [1.54, 1.807) is 4.90 Å². The maximum absolute atomic E-state index is 12.4. The fourth-order valence-corrected chi connectivity index (χ4v) is 2.09. The van der Waals surface area contributed by atoms with Crippen LogP contribution in [0.2, 0.25) is 0 Å². The van der Waals surface area contributed by atoms with Crippen LogP contribution in [0, 0.1) is 13.8 Å². The second-order valence-corrected chi connectivity index (χ2v) is 5.17. The Labute approximate surface area is 113 Å². The van der Waals surface area contributed by atoms with Gasteiger partial charge in [-0.2, -0.15) is 0 Å². The second-order valence-electron chi connectivity index (χ2n) is 5.17. The number of rotatable bonds is 5. The summed E-state index contributed by atoms with van der Waals surface area (Å²) in [7, 11) is 0. The van der Waals surface area contributed by atoms with Gasteiger partial charge in [0.2, 0.25) is 0 Å². The molecule has 1 saturated carbocycles. The fraction of sp³-hybridized carbons (Fsp3) is 0.467. The van der Waals surface area contributed by atoms with Crippen molar-refractivity contribution in [2.24, 2.45) is 0 Å². The number of hydrogen-bond acceptors (Lipinski definition) is 2. The van der Waals surface area contributed by atoms with Gasteiger partial charge < -0.3 is 10.0 Å². The largest absolute Gasteiger partial charge is 0.481 e. The minimum absolute atomic E-state index is 0.00703. The number of aliphatic carboxylic acids is 1. The lowest BCUT2D eigenvalue weighted by Crippen LogP contribution is -2.35. The molecule has 1 aromatic rings. The Kier molecular flexibility index (Phi) is 3.88. The Morgan fingerprint density at radius 2 is 1.95 bits per heavy atom. The van der Waals surface area contributed by atoms with Crippen LogP contribution in [0.25, 0.3) is 0 Å². The summed E-state index contributed by atoms with van der Waals surface area (Å²) in [6.07, 6.45) is 1.97. The van der Waals surface area contributed by atoms with Gasteiger partial charge >= 0.3 is 5.97 Å². The molecule has 0 aromatic heterocycles. The van der Waals surface area contributed by atoms with Crippen molar-refractivity contribution in [3.05, 3.63) is 34.9 Å². The number of carboxylic acids is 1. The molecule has 0 saturated heterocycles. The molecule has 0 heterocycles. The Bertz CT molecular complexity index is 506. The molecule has 1 N–H and O–H groups in total. The zero-order valence-electron chi connectivity index (χ0n) is 11.3. The van der Waals surface area contributed by atoms with Crippen molar-refractivity contribution in [2.75, 3.05) is 6.54 Å². The van der Waals surface area contributed by atoms with E-state index in [1.165, 1.54) is 0 Å². The third-order valence-electron chi connectivity index (χ3n) is 3.57. The van der Waals surface area contributed by atoms with Gasteiger partial charge in [0.1, 0.15) is 0 Å². The summed E-state index contributed by atoms with van der Waals surface area (Å²) < 4.78 is 0. The van der Waals surface area contributed by atoms with Crippen LogP contribution in [0.4, 0.5) is 0 Å². The molecule has 0 unspecified atom stereocenters. The Balaban J connectivity index is 2.14. The van der Waals surface area contributed by atoms with Crippen molar-refractivity contribution in [3.63, 3.8) is 0 Å². The van der Waals surface area contributed by atoms with Crippen molar-refractivity contribution in [1.29, 1.82) is 0 Å². The van der Waals surface area contributed by atoms with Gasteiger partial charge in [-0.1, -0.05) is 6.07 Å². The molecule has 1 aromatic carbocycles. The maximum Gasteiger partial charge on any atom is 0.305 e. The Morgan fingerprint density at radius 1 is 1.26 bits per heavy atom. The SMILES string of the molecule is Cc1ccc(C(=O)N(CCC(=O)O)C2CC2)cc1C. The van der Waals surface area contributed by atoms with Gasteiger partial charge in [-0.15, -0.1) is 0 Å². The van der Waals surface area contributed by atoms with E-state index in [9.17, 15) is 9.59 Å². The van der Waals surface area contributed by atoms with Gasteiger partial charge in [0.15, 0.2) is 0 Å². The molecule has 4 nitrogen and oxygen atoms in total. The highest BCUT2D eigenvalue weighted by atomic mass is 16.4. The summed E-state index contributed by atoms with van der Waals surface area (Å²) in [5.74, 6) is -0.912. The molecule has 1 aliphatic rings. The zero-order valence-corrected chi connectivity index (χ0v) is 11.3. The highest BCUT2D eigenvalue weighted by Crippen LogP contribution is 2.28. The van der Waals surface area contributed by atoms with Crippen LogP contribution in [0.5, 0.6) is 0 Å². The topological polar surface area (TPSA) is 57.6 Å². The van der Waals surface area contributed by atoms with E-state index in [0.29, 0.717) is 12.1 Å². The van der Waals surface area contributed by atoms with Crippen LogP contribution in [0.1, 0.15) is 40.7 Å². The molecule has 0 spiro atoms. The first-order chi connectivity index (χ1) is 8.99. The molecule has 1 amide bonds. The average molecular weight is 261 g/mol. The zero-order chi connectivity index (χ0) is 14.0. The van der Waals surface area contributed by atoms with Crippen molar-refractivity contribution in [3.8, 4) is 0 Å². The quantitative estimate of drug-likeness (QED) is 0.885. The second kappa shape index (κ2) is 5.43. The molecule has 102 valence electrons. The third-order valence-corrected chi connectivity index (χ3v) is 3.57. The monoisotopic (exact) mass is 261 g/mol. The van der Waals surface area contributed by atoms with Crippen LogP contribution in [-0.2, 0) is 4.79 Å². The summed E-state index contributed by atoms with van der Waals surface area (Å²) in [6, 6.07) is 5.87. The number of carboxylic acid groups (broad SMARTS) is 1. The first-order valence-corrected chi connectivity index (χ1v) is 6.59. The van der Waals surface area contributed by atoms with Gasteiger partial charge in [0.05, 0.1) is 6.42 Å². The van der Waals surface area contributed by atoms with E-state index in [-0.39, 0.29) is 18.4 Å². The van der Waals surface area contributed by atoms with Gasteiger partial charge in [-0.3, -0.25) is 9.59 Å². The number of benzene rings is 1. The lowest BCUT2D eigenvalue weighted by atomic mass is 10.1. The minimum atomic E-state index is -0.862. The van der Waals surface area contributed by atoms with Crippen molar-refractivity contribution in [1.82, 2.24) is 4.90 Å². The van der Waals surface area contributed by atoms with Gasteiger partial charge in [-0.25, -0.2) is 0 Å². The van der Waals surface area contributed by atoms with Gasteiger partial charge in [-0.05, 0) is 49.9 Å². The van der Waals surface area contributed by atoms with E-state index in [1.807, 2.05) is 32.0 Å². The van der Waals surface area contributed by atoms with Crippen molar-refractivity contribution in [2.45, 2.75) is 39.2 Å². The van der Waals surface area contributed by atoms with Crippen LogP contribution >= 0.6 is 0 Å². The number of hydrogen-bond donors (Lipinski definition) is 1. The number of carbonyl (C=O) groups excluding carboxylic acids is 1. The third kappa shape index (κ3) is 3.34. The van der Waals surface area contributed by atoms with E-state index in [2.05, 4.69) is 0 Å². The smallest absolute Gasteiger partial charge is 0.305 e. The van der Waals surface area contributed by atoms with Crippen molar-refractivity contribution >= 4 is 11.9 Å². The predicted octanol–water partition coefficient (Wildman–Crippen LogP) is 2.38. The molecule has 0 aliphatic heterocycles. The fourth-order valence-electron chi connectivity index (χ4n) is 2.09. The van der Waals surface area contributed by atoms with Crippen LogP contribution in [0.3, 0.4) is 0 Å². The van der Waals surface area contributed by atoms with E-state index in [4.69, 9.17) is 5.11 Å². The first-order valence-electron chi connectivity index (χ1n) is 6.59. The molecule has 4 heteroatoms. The van der Waals surface area contributed by atoms with E-state index >= 15 is 0 Å². The molecule has 1 fully saturated rings. The Morgan fingerprint density at radius 3 is 2.47 bits per heavy atom. The molecular weight excluding hydrogens is 242 g/mol. The highest BCUT2D eigenvalue weighted by Gasteiger charge is 2.33. The van der Waals surface area contributed by atoms with Gasteiger partial charge in [0.25, 0.3) is 5.91 Å². The molecule has 2 rings (SSSR count). The van der Waals surface area contributed by atoms with E-state index in [0.717, 1.165) is 24.0 Å². The number of carbonyl (C=O) groups is 2. The standard InChI is InChI=1S/C15H19NO3/c1-10-3-4-12(9-11(10)2)15(19)16(13-5-6-13)8-7-14(17)18/h3-4,9,13H,5-8H2,1-2H3,(H,17,18). The number of amides is 1. The summed E-state index contributed by atoms with van der Waals surface area (Å²) in [6.45, 7) is 4.28. The molecule has 1 aliphatic carbocycles. The normalized spacial score (nSPS) is 14.2. The van der Waals surface area contributed by atoms with Crippen molar-refractivity contribution < 1.29 is 14.7 Å². The summed E-state index contributed by atoms with van der Waals surface area (Å²) in [5.41, 5.74) is 2.89. The van der Waals surface area contributed by atoms with Crippen LogP contribution in [-0.4, -0.2) is 34.5 Å². The lowest BCUT2D eigenvalue weighted by Gasteiger charge is -2.22. The Hall–Kier alpha value is -1.84. The highest BCUT2D eigenvalue weighted by molar-refractivity contribution is 5.95. The lowest BCUT2D eigenvalue weighted by molar-refractivity contribution is -0.137. The number of nitrogens with zero attached hydrogens (tertiary/aromatic N) is 1. The minimum Gasteiger partial charge on any atom is -0.481 e. The molecule has 19 heavy (non-hydrogen) atoms. The summed E-state index contributed by atoms with van der Waals surface area (Å²) >= 11 is 0. The molecular formula is C15H19NO3. The van der Waals surface area contributed by atoms with Crippen LogP contribution < -0.4 is 0 Å². The predicted molar refractivity (Wildman–Crippen MR) is 72.2 cm³/mol. The average Bonchev–Trinajstić information content (AvgIpc) is 3.16. The van der Waals surface area contributed by atoms with Gasteiger partial charge in [0, 0.05) is 18.2 Å². The summed E-state index contributed by atoms with van der Waals surface area (Å²) in [5, 5.41) is 8.76. The molecule has 0 atom stereocenters. The van der Waals surface area contributed by atoms with E-state index < -0.39 is 5.97 Å². The molecule has 0 radical (unpaired) electrons. The number of aryl methyl sites for hydroxylation is 2. The molecule has 0 bridgehead atoms. The first kappa shape index (κ1) is 13.6. The summed E-state index contributed by atoms with van der Waals surface area (Å²) in [4.78, 5) is 24.8.